The lowest BCUT2D eigenvalue weighted by molar-refractivity contribution is 0.296. The molecule has 0 saturated heterocycles. The minimum atomic E-state index is -0.725. The highest BCUT2D eigenvalue weighted by molar-refractivity contribution is 5.12. The van der Waals surface area contributed by atoms with E-state index in [2.05, 4.69) is 0 Å². The number of hydrogen-bond acceptors (Lipinski definition) is 0. The number of halogens is 2. The maximum absolute atomic E-state index is 13.3. The second-order valence-corrected chi connectivity index (χ2v) is 5.13. The van der Waals surface area contributed by atoms with Crippen molar-refractivity contribution in [3.63, 3.8) is 0 Å². The van der Waals surface area contributed by atoms with Crippen LogP contribution in [0.5, 0.6) is 0 Å². The summed E-state index contributed by atoms with van der Waals surface area (Å²) in [5.41, 5.74) is -1.45. The Balaban J connectivity index is 4.96. The highest BCUT2D eigenvalue weighted by atomic mass is 19.2. The summed E-state index contributed by atoms with van der Waals surface area (Å²) in [6, 6.07) is 0. The van der Waals surface area contributed by atoms with Crippen molar-refractivity contribution in [3.8, 4) is 0 Å². The van der Waals surface area contributed by atoms with E-state index < -0.39 is 22.5 Å². The van der Waals surface area contributed by atoms with Gasteiger partial charge in [0.1, 0.15) is 11.7 Å². The van der Waals surface area contributed by atoms with E-state index in [1.165, 1.54) is 0 Å². The van der Waals surface area contributed by atoms with E-state index in [9.17, 15) is 8.78 Å². The summed E-state index contributed by atoms with van der Waals surface area (Å²) in [5, 5.41) is 0. The van der Waals surface area contributed by atoms with E-state index in [-0.39, 0.29) is 0 Å². The van der Waals surface area contributed by atoms with Gasteiger partial charge in [-0.1, -0.05) is 41.5 Å². The van der Waals surface area contributed by atoms with Crippen molar-refractivity contribution in [3.05, 3.63) is 11.7 Å². The fraction of sp³-hybridized carbons (Fsp3) is 0.800. The SMILES string of the molecule is CC(C)(C)/C(F)=C(/F)C(C)(C)C. The molecule has 0 aromatic carbocycles. The zero-order valence-corrected chi connectivity index (χ0v) is 8.76. The van der Waals surface area contributed by atoms with Crippen LogP contribution < -0.4 is 0 Å². The van der Waals surface area contributed by atoms with Crippen LogP contribution >= 0.6 is 0 Å². The maximum Gasteiger partial charge on any atom is 0.137 e. The van der Waals surface area contributed by atoms with E-state index in [1.807, 2.05) is 0 Å². The monoisotopic (exact) mass is 176 g/mol. The largest absolute Gasteiger partial charge is 0.208 e. The highest BCUT2D eigenvalue weighted by Crippen LogP contribution is 2.37. The van der Waals surface area contributed by atoms with Crippen molar-refractivity contribution in [2.45, 2.75) is 41.5 Å². The topological polar surface area (TPSA) is 0 Å². The fourth-order valence-electron chi connectivity index (χ4n) is 0.658. The van der Waals surface area contributed by atoms with Crippen LogP contribution in [0.1, 0.15) is 41.5 Å². The van der Waals surface area contributed by atoms with Gasteiger partial charge in [0.15, 0.2) is 0 Å². The number of allylic oxidation sites excluding steroid dienone is 2. The zero-order valence-electron chi connectivity index (χ0n) is 8.76. The summed E-state index contributed by atoms with van der Waals surface area (Å²) in [4.78, 5) is 0. The van der Waals surface area contributed by atoms with Gasteiger partial charge in [0.2, 0.25) is 0 Å². The molecule has 12 heavy (non-hydrogen) atoms. The first kappa shape index (κ1) is 11.6. The summed E-state index contributed by atoms with van der Waals surface area (Å²) in [5.74, 6) is -1.29. The Hall–Kier alpha value is -0.400. The third-order valence-electron chi connectivity index (χ3n) is 1.51. The molecule has 0 fully saturated rings. The standard InChI is InChI=1S/C10H18F2/c1-9(2,3)7(11)8(12)10(4,5)6/h1-6H3/b8-7-. The molecule has 0 rings (SSSR count). The molecular weight excluding hydrogens is 158 g/mol. The minimum Gasteiger partial charge on any atom is -0.208 e. The van der Waals surface area contributed by atoms with Gasteiger partial charge in [0.25, 0.3) is 0 Å². The van der Waals surface area contributed by atoms with Crippen LogP contribution in [0.3, 0.4) is 0 Å². The summed E-state index contributed by atoms with van der Waals surface area (Å²) in [6.07, 6.45) is 0. The summed E-state index contributed by atoms with van der Waals surface area (Å²) in [7, 11) is 0. The normalized spacial score (nSPS) is 16.0. The maximum atomic E-state index is 13.3. The number of hydrogen-bond donors (Lipinski definition) is 0. The van der Waals surface area contributed by atoms with Crippen molar-refractivity contribution in [1.82, 2.24) is 0 Å². The first-order valence-electron chi connectivity index (χ1n) is 4.13. The molecule has 2 heteroatoms. The Morgan fingerprint density at radius 1 is 0.667 bits per heavy atom. The number of rotatable bonds is 0. The van der Waals surface area contributed by atoms with Crippen LogP contribution in [0.2, 0.25) is 0 Å². The van der Waals surface area contributed by atoms with Crippen molar-refractivity contribution in [1.29, 1.82) is 0 Å². The molecule has 0 aromatic heterocycles. The molecule has 72 valence electrons. The van der Waals surface area contributed by atoms with Gasteiger partial charge < -0.3 is 0 Å². The third-order valence-corrected chi connectivity index (χ3v) is 1.51. The smallest absolute Gasteiger partial charge is 0.137 e. The molecule has 0 unspecified atom stereocenters. The molecule has 0 aliphatic carbocycles. The zero-order chi connectivity index (χ0) is 10.2. The highest BCUT2D eigenvalue weighted by Gasteiger charge is 2.28. The van der Waals surface area contributed by atoms with Gasteiger partial charge in [0, 0.05) is 10.8 Å². The fourth-order valence-corrected chi connectivity index (χ4v) is 0.658. The molecule has 0 bridgehead atoms. The van der Waals surface area contributed by atoms with Gasteiger partial charge in [-0.25, -0.2) is 8.78 Å². The molecule has 0 saturated carbocycles. The predicted molar refractivity (Wildman–Crippen MR) is 48.2 cm³/mol. The van der Waals surface area contributed by atoms with Gasteiger partial charge >= 0.3 is 0 Å². The van der Waals surface area contributed by atoms with Gasteiger partial charge in [-0.3, -0.25) is 0 Å². The molecule has 0 aromatic rings. The third kappa shape index (κ3) is 2.92. The molecule has 0 nitrogen and oxygen atoms in total. The average molecular weight is 176 g/mol. The van der Waals surface area contributed by atoms with Crippen molar-refractivity contribution in [2.24, 2.45) is 10.8 Å². The molecule has 0 N–H and O–H groups in total. The van der Waals surface area contributed by atoms with Gasteiger partial charge in [0.05, 0.1) is 0 Å². The van der Waals surface area contributed by atoms with Crippen LogP contribution in [0.15, 0.2) is 11.7 Å². The second-order valence-electron chi connectivity index (χ2n) is 5.13. The second kappa shape index (κ2) is 3.15. The Bertz CT molecular complexity index is 167. The molecule has 0 heterocycles. The Labute approximate surface area is 73.7 Å². The summed E-state index contributed by atoms with van der Waals surface area (Å²) in [6.45, 7) is 9.96. The molecular formula is C10H18F2. The average Bonchev–Trinajstić information content (AvgIpc) is 1.80. The van der Waals surface area contributed by atoms with Crippen molar-refractivity contribution in [2.75, 3.05) is 0 Å². The van der Waals surface area contributed by atoms with Gasteiger partial charge in [-0.2, -0.15) is 0 Å². The van der Waals surface area contributed by atoms with Crippen LogP contribution in [-0.4, -0.2) is 0 Å². The van der Waals surface area contributed by atoms with E-state index in [1.54, 1.807) is 41.5 Å². The van der Waals surface area contributed by atoms with Crippen LogP contribution in [0, 0.1) is 10.8 Å². The van der Waals surface area contributed by atoms with E-state index in [4.69, 9.17) is 0 Å². The molecule has 0 aliphatic rings. The van der Waals surface area contributed by atoms with E-state index >= 15 is 0 Å². The van der Waals surface area contributed by atoms with Gasteiger partial charge in [-0.05, 0) is 0 Å². The van der Waals surface area contributed by atoms with Crippen LogP contribution in [0.4, 0.5) is 8.78 Å². The Kier molecular flexibility index (Phi) is 3.05. The summed E-state index contributed by atoms with van der Waals surface area (Å²) >= 11 is 0. The quantitative estimate of drug-likeness (QED) is 0.518. The first-order chi connectivity index (χ1) is 5.07. The lowest BCUT2D eigenvalue weighted by Gasteiger charge is -2.22. The van der Waals surface area contributed by atoms with Crippen LogP contribution in [-0.2, 0) is 0 Å². The Morgan fingerprint density at radius 2 is 0.833 bits per heavy atom. The minimum absolute atomic E-state index is 0.644. The van der Waals surface area contributed by atoms with Crippen LogP contribution in [0.25, 0.3) is 0 Å². The lowest BCUT2D eigenvalue weighted by Crippen LogP contribution is -2.14. The van der Waals surface area contributed by atoms with Crippen molar-refractivity contribution < 1.29 is 8.78 Å². The first-order valence-corrected chi connectivity index (χ1v) is 4.13. The van der Waals surface area contributed by atoms with E-state index in [0.717, 1.165) is 0 Å². The Morgan fingerprint density at radius 3 is 0.917 bits per heavy atom. The molecule has 0 atom stereocenters. The lowest BCUT2D eigenvalue weighted by atomic mass is 9.86. The summed E-state index contributed by atoms with van der Waals surface area (Å²) < 4.78 is 26.6. The van der Waals surface area contributed by atoms with Gasteiger partial charge in [-0.15, -0.1) is 0 Å². The van der Waals surface area contributed by atoms with Crippen molar-refractivity contribution >= 4 is 0 Å². The predicted octanol–water partition coefficient (Wildman–Crippen LogP) is 4.23. The molecule has 0 amide bonds. The molecule has 0 spiro atoms. The molecule has 0 aliphatic heterocycles. The molecule has 0 radical (unpaired) electrons. The van der Waals surface area contributed by atoms with E-state index in [0.29, 0.717) is 0 Å².